The Hall–Kier alpha value is 0.110. The molecule has 0 spiro atoms. The second-order valence-corrected chi connectivity index (χ2v) is 4.85. The number of amides is 1. The van der Waals surface area contributed by atoms with Crippen molar-refractivity contribution in [1.29, 1.82) is 0 Å². The predicted molar refractivity (Wildman–Crippen MR) is 58.4 cm³/mol. The van der Waals surface area contributed by atoms with Gasteiger partial charge < -0.3 is 5.32 Å². The van der Waals surface area contributed by atoms with Crippen LogP contribution in [0.3, 0.4) is 0 Å². The van der Waals surface area contributed by atoms with Crippen LogP contribution in [0.15, 0.2) is 0 Å². The molecule has 0 aromatic rings. The molecule has 0 radical (unpaired) electrons. The molecule has 0 aromatic carbocycles. The molecule has 76 valence electrons. The molecular formula is C9H16ClNOS. The zero-order valence-electron chi connectivity index (χ0n) is 7.72. The summed E-state index contributed by atoms with van der Waals surface area (Å²) in [6, 6.07) is 0. The largest absolute Gasteiger partial charge is 0.356 e. The van der Waals surface area contributed by atoms with Crippen molar-refractivity contribution in [1.82, 2.24) is 5.32 Å². The summed E-state index contributed by atoms with van der Waals surface area (Å²) in [5, 5.41) is 2.95. The molecule has 13 heavy (non-hydrogen) atoms. The maximum Gasteiger partial charge on any atom is 0.220 e. The number of carbonyl (C=O) groups is 1. The van der Waals surface area contributed by atoms with Crippen molar-refractivity contribution in [2.24, 2.45) is 5.92 Å². The topological polar surface area (TPSA) is 29.1 Å². The van der Waals surface area contributed by atoms with E-state index in [1.807, 2.05) is 11.8 Å². The van der Waals surface area contributed by atoms with Crippen molar-refractivity contribution < 1.29 is 4.79 Å². The highest BCUT2D eigenvalue weighted by Crippen LogP contribution is 2.22. The van der Waals surface area contributed by atoms with Crippen LogP contribution in [0.1, 0.15) is 19.3 Å². The fraction of sp³-hybridized carbons (Fsp3) is 0.889. The third-order valence-electron chi connectivity index (χ3n) is 2.15. The van der Waals surface area contributed by atoms with Gasteiger partial charge in [-0.05, 0) is 30.3 Å². The number of nitrogens with one attached hydrogen (secondary N) is 1. The van der Waals surface area contributed by atoms with Crippen LogP contribution in [-0.4, -0.2) is 29.8 Å². The summed E-state index contributed by atoms with van der Waals surface area (Å²) < 4.78 is 0. The maximum absolute atomic E-state index is 11.2. The van der Waals surface area contributed by atoms with Gasteiger partial charge >= 0.3 is 0 Å². The molecule has 0 aliphatic carbocycles. The first-order chi connectivity index (χ1) is 6.33. The Balaban J connectivity index is 2.00. The monoisotopic (exact) mass is 221 g/mol. The van der Waals surface area contributed by atoms with E-state index in [0.29, 0.717) is 18.2 Å². The van der Waals surface area contributed by atoms with E-state index in [9.17, 15) is 4.79 Å². The Bertz CT molecular complexity index is 160. The van der Waals surface area contributed by atoms with Crippen LogP contribution in [0.25, 0.3) is 0 Å². The molecule has 1 heterocycles. The highest BCUT2D eigenvalue weighted by molar-refractivity contribution is 7.99. The molecular weight excluding hydrogens is 206 g/mol. The van der Waals surface area contributed by atoms with Gasteiger partial charge in [0.15, 0.2) is 0 Å². The van der Waals surface area contributed by atoms with Gasteiger partial charge in [-0.25, -0.2) is 0 Å². The normalized spacial score (nSPS) is 21.8. The average Bonchev–Trinajstić information content (AvgIpc) is 2.64. The zero-order chi connectivity index (χ0) is 9.52. The van der Waals surface area contributed by atoms with Crippen LogP contribution >= 0.6 is 23.4 Å². The Morgan fingerprint density at radius 1 is 1.62 bits per heavy atom. The molecule has 1 fully saturated rings. The second-order valence-electron chi connectivity index (χ2n) is 3.33. The number of alkyl halides is 1. The molecule has 1 saturated heterocycles. The quantitative estimate of drug-likeness (QED) is 0.719. The van der Waals surface area contributed by atoms with Gasteiger partial charge in [0.1, 0.15) is 0 Å². The highest BCUT2D eigenvalue weighted by atomic mass is 35.5. The number of halogens is 1. The molecule has 1 aliphatic heterocycles. The molecule has 1 amide bonds. The fourth-order valence-corrected chi connectivity index (χ4v) is 2.74. The van der Waals surface area contributed by atoms with Crippen molar-refractivity contribution in [2.75, 3.05) is 23.9 Å². The summed E-state index contributed by atoms with van der Waals surface area (Å²) in [4.78, 5) is 11.2. The maximum atomic E-state index is 11.2. The number of hydrogen-bond donors (Lipinski definition) is 1. The van der Waals surface area contributed by atoms with Crippen molar-refractivity contribution in [3.63, 3.8) is 0 Å². The molecule has 2 nitrogen and oxygen atoms in total. The van der Waals surface area contributed by atoms with E-state index < -0.39 is 0 Å². The highest BCUT2D eigenvalue weighted by Gasteiger charge is 2.15. The minimum Gasteiger partial charge on any atom is -0.356 e. The third kappa shape index (κ3) is 4.77. The van der Waals surface area contributed by atoms with Crippen LogP contribution in [0.5, 0.6) is 0 Å². The number of carbonyl (C=O) groups excluding carboxylic acids is 1. The number of rotatable bonds is 5. The first-order valence-electron chi connectivity index (χ1n) is 4.73. The summed E-state index contributed by atoms with van der Waals surface area (Å²) in [7, 11) is 0. The lowest BCUT2D eigenvalue weighted by molar-refractivity contribution is -0.121. The van der Waals surface area contributed by atoms with Crippen molar-refractivity contribution in [3.05, 3.63) is 0 Å². The van der Waals surface area contributed by atoms with E-state index in [-0.39, 0.29) is 5.91 Å². The van der Waals surface area contributed by atoms with Crippen LogP contribution in [0, 0.1) is 5.92 Å². The van der Waals surface area contributed by atoms with E-state index in [2.05, 4.69) is 5.32 Å². The standard InChI is InChI=1S/C9H16ClNOS/c10-4-1-2-9(12)11-6-8-3-5-13-7-8/h8H,1-7H2,(H,11,12). The molecule has 1 aliphatic rings. The Kier molecular flexibility index (Phi) is 5.63. The van der Waals surface area contributed by atoms with E-state index in [4.69, 9.17) is 11.6 Å². The van der Waals surface area contributed by atoms with E-state index in [1.165, 1.54) is 17.9 Å². The summed E-state index contributed by atoms with van der Waals surface area (Å²) in [5.74, 6) is 3.88. The molecule has 1 atom stereocenters. The van der Waals surface area contributed by atoms with Crippen molar-refractivity contribution in [3.8, 4) is 0 Å². The number of hydrogen-bond acceptors (Lipinski definition) is 2. The van der Waals surface area contributed by atoms with Gasteiger partial charge in [0, 0.05) is 18.8 Å². The molecule has 0 aromatic heterocycles. The van der Waals surface area contributed by atoms with E-state index >= 15 is 0 Å². The molecule has 4 heteroatoms. The average molecular weight is 222 g/mol. The Labute approximate surface area is 88.8 Å². The third-order valence-corrected chi connectivity index (χ3v) is 3.65. The van der Waals surface area contributed by atoms with Crippen LogP contribution in [-0.2, 0) is 4.79 Å². The smallest absolute Gasteiger partial charge is 0.220 e. The summed E-state index contributed by atoms with van der Waals surface area (Å²) in [6.45, 7) is 0.855. The van der Waals surface area contributed by atoms with Gasteiger partial charge in [0.2, 0.25) is 5.91 Å². The first-order valence-corrected chi connectivity index (χ1v) is 6.42. The lowest BCUT2D eigenvalue weighted by atomic mass is 10.1. The van der Waals surface area contributed by atoms with Gasteiger partial charge in [0.25, 0.3) is 0 Å². The molecule has 0 bridgehead atoms. The predicted octanol–water partition coefficient (Wildman–Crippen LogP) is 1.87. The molecule has 1 N–H and O–H groups in total. The SMILES string of the molecule is O=C(CCCCl)NCC1CCSC1. The summed E-state index contributed by atoms with van der Waals surface area (Å²) in [5.41, 5.74) is 0. The fourth-order valence-electron chi connectivity index (χ4n) is 1.32. The Morgan fingerprint density at radius 3 is 3.08 bits per heavy atom. The van der Waals surface area contributed by atoms with E-state index in [0.717, 1.165) is 13.0 Å². The summed E-state index contributed by atoms with van der Waals surface area (Å²) >= 11 is 7.47. The van der Waals surface area contributed by atoms with Gasteiger partial charge in [-0.3, -0.25) is 4.79 Å². The van der Waals surface area contributed by atoms with Gasteiger partial charge in [-0.2, -0.15) is 11.8 Å². The molecule has 0 saturated carbocycles. The molecule has 1 unspecified atom stereocenters. The summed E-state index contributed by atoms with van der Waals surface area (Å²) in [6.07, 6.45) is 2.61. The van der Waals surface area contributed by atoms with Crippen molar-refractivity contribution in [2.45, 2.75) is 19.3 Å². The number of thioether (sulfide) groups is 1. The van der Waals surface area contributed by atoms with Crippen LogP contribution in [0.2, 0.25) is 0 Å². The second kappa shape index (κ2) is 6.55. The van der Waals surface area contributed by atoms with Crippen LogP contribution in [0.4, 0.5) is 0 Å². The minimum atomic E-state index is 0.151. The van der Waals surface area contributed by atoms with Crippen LogP contribution < -0.4 is 5.32 Å². The Morgan fingerprint density at radius 2 is 2.46 bits per heavy atom. The van der Waals surface area contributed by atoms with Gasteiger partial charge in [-0.1, -0.05) is 0 Å². The van der Waals surface area contributed by atoms with Gasteiger partial charge in [-0.15, -0.1) is 11.6 Å². The lowest BCUT2D eigenvalue weighted by Gasteiger charge is -2.09. The zero-order valence-corrected chi connectivity index (χ0v) is 9.29. The van der Waals surface area contributed by atoms with Gasteiger partial charge in [0.05, 0.1) is 0 Å². The first kappa shape index (κ1) is 11.2. The molecule has 1 rings (SSSR count). The minimum absolute atomic E-state index is 0.151. The lowest BCUT2D eigenvalue weighted by Crippen LogP contribution is -2.29. The van der Waals surface area contributed by atoms with Crippen molar-refractivity contribution >= 4 is 29.3 Å². The van der Waals surface area contributed by atoms with E-state index in [1.54, 1.807) is 0 Å².